The standard InChI is InChI=1S/C15H21N3O2/c1-11(18-15(20)17-10-19)13-3-2-4-14(9-13)12-5-7-16-8-6-12/h2-4,9-12,16H,5-8H2,1H3,(H2,17,18,19,20). The molecule has 1 aliphatic heterocycles. The van der Waals surface area contributed by atoms with Gasteiger partial charge in [-0.15, -0.1) is 0 Å². The van der Waals surface area contributed by atoms with Crippen LogP contribution in [0.3, 0.4) is 0 Å². The van der Waals surface area contributed by atoms with E-state index in [4.69, 9.17) is 0 Å². The van der Waals surface area contributed by atoms with Crippen molar-refractivity contribution in [2.24, 2.45) is 0 Å². The normalized spacial score (nSPS) is 17.2. The van der Waals surface area contributed by atoms with E-state index in [1.54, 1.807) is 0 Å². The van der Waals surface area contributed by atoms with Crippen LogP contribution < -0.4 is 16.0 Å². The molecule has 0 bridgehead atoms. The highest BCUT2D eigenvalue weighted by Gasteiger charge is 2.16. The maximum Gasteiger partial charge on any atom is 0.321 e. The van der Waals surface area contributed by atoms with Crippen molar-refractivity contribution in [3.63, 3.8) is 0 Å². The quantitative estimate of drug-likeness (QED) is 0.732. The van der Waals surface area contributed by atoms with Gasteiger partial charge >= 0.3 is 6.03 Å². The third-order valence-corrected chi connectivity index (χ3v) is 3.76. The van der Waals surface area contributed by atoms with Gasteiger partial charge in [-0.25, -0.2) is 4.79 Å². The minimum Gasteiger partial charge on any atom is -0.331 e. The molecular weight excluding hydrogens is 254 g/mol. The summed E-state index contributed by atoms with van der Waals surface area (Å²) in [7, 11) is 0. The molecule has 108 valence electrons. The van der Waals surface area contributed by atoms with Gasteiger partial charge in [-0.1, -0.05) is 24.3 Å². The zero-order valence-corrected chi connectivity index (χ0v) is 11.7. The lowest BCUT2D eigenvalue weighted by Gasteiger charge is -2.24. The molecule has 1 saturated heterocycles. The number of rotatable bonds is 4. The first-order valence-electron chi connectivity index (χ1n) is 7.02. The molecule has 0 saturated carbocycles. The molecular formula is C15H21N3O2. The van der Waals surface area contributed by atoms with E-state index in [1.807, 2.05) is 19.1 Å². The number of amides is 3. The van der Waals surface area contributed by atoms with Crippen molar-refractivity contribution in [1.29, 1.82) is 0 Å². The molecule has 0 radical (unpaired) electrons. The first-order valence-corrected chi connectivity index (χ1v) is 7.02. The van der Waals surface area contributed by atoms with E-state index >= 15 is 0 Å². The number of imide groups is 1. The molecule has 1 aromatic carbocycles. The Balaban J connectivity index is 2.04. The van der Waals surface area contributed by atoms with Crippen LogP contribution in [0.5, 0.6) is 0 Å². The second kappa shape index (κ2) is 7.05. The highest BCUT2D eigenvalue weighted by Crippen LogP contribution is 2.27. The molecule has 1 aliphatic rings. The van der Waals surface area contributed by atoms with Crippen molar-refractivity contribution in [3.8, 4) is 0 Å². The van der Waals surface area contributed by atoms with Crippen LogP contribution in [0.1, 0.15) is 42.9 Å². The third-order valence-electron chi connectivity index (χ3n) is 3.76. The molecule has 0 aromatic heterocycles. The van der Waals surface area contributed by atoms with Crippen LogP contribution in [0.2, 0.25) is 0 Å². The number of carbonyl (C=O) groups excluding carboxylic acids is 2. The van der Waals surface area contributed by atoms with Gasteiger partial charge in [-0.2, -0.15) is 0 Å². The monoisotopic (exact) mass is 275 g/mol. The summed E-state index contributed by atoms with van der Waals surface area (Å²) in [6.45, 7) is 4.03. The SMILES string of the molecule is CC(NC(=O)NC=O)c1cccc(C2CCNCC2)c1. The molecule has 1 fully saturated rings. The summed E-state index contributed by atoms with van der Waals surface area (Å²) < 4.78 is 0. The Morgan fingerprint density at radius 3 is 2.85 bits per heavy atom. The Kier molecular flexibility index (Phi) is 5.12. The second-order valence-corrected chi connectivity index (χ2v) is 5.15. The summed E-state index contributed by atoms with van der Waals surface area (Å²) >= 11 is 0. The van der Waals surface area contributed by atoms with E-state index in [-0.39, 0.29) is 6.04 Å². The molecule has 5 heteroatoms. The number of urea groups is 1. The van der Waals surface area contributed by atoms with Crippen molar-refractivity contribution >= 4 is 12.4 Å². The van der Waals surface area contributed by atoms with Crippen LogP contribution >= 0.6 is 0 Å². The molecule has 3 N–H and O–H groups in total. The van der Waals surface area contributed by atoms with E-state index < -0.39 is 6.03 Å². The number of benzene rings is 1. The fourth-order valence-corrected chi connectivity index (χ4v) is 2.61. The van der Waals surface area contributed by atoms with Gasteiger partial charge in [-0.3, -0.25) is 10.1 Å². The zero-order valence-electron chi connectivity index (χ0n) is 11.7. The lowest BCUT2D eigenvalue weighted by Crippen LogP contribution is -2.36. The molecule has 0 aliphatic carbocycles. The fraction of sp³-hybridized carbons (Fsp3) is 0.467. The average molecular weight is 275 g/mol. The Morgan fingerprint density at radius 1 is 1.40 bits per heavy atom. The van der Waals surface area contributed by atoms with Crippen LogP contribution in [0.25, 0.3) is 0 Å². The molecule has 1 unspecified atom stereocenters. The van der Waals surface area contributed by atoms with E-state index in [0.717, 1.165) is 31.5 Å². The lowest BCUT2D eigenvalue weighted by atomic mass is 9.88. The second-order valence-electron chi connectivity index (χ2n) is 5.15. The maximum atomic E-state index is 11.4. The Labute approximate surface area is 119 Å². The molecule has 5 nitrogen and oxygen atoms in total. The molecule has 2 rings (SSSR count). The van der Waals surface area contributed by atoms with Gasteiger partial charge in [0.05, 0.1) is 6.04 Å². The molecule has 1 atom stereocenters. The lowest BCUT2D eigenvalue weighted by molar-refractivity contribution is -0.108. The van der Waals surface area contributed by atoms with Crippen molar-refractivity contribution in [3.05, 3.63) is 35.4 Å². The van der Waals surface area contributed by atoms with Gasteiger partial charge in [0.25, 0.3) is 0 Å². The van der Waals surface area contributed by atoms with Gasteiger partial charge in [0.15, 0.2) is 0 Å². The summed E-state index contributed by atoms with van der Waals surface area (Å²) in [4.78, 5) is 21.6. The van der Waals surface area contributed by atoms with Gasteiger partial charge in [0.1, 0.15) is 0 Å². The van der Waals surface area contributed by atoms with Crippen molar-refractivity contribution in [2.45, 2.75) is 31.7 Å². The molecule has 1 heterocycles. The highest BCUT2D eigenvalue weighted by atomic mass is 16.2. The van der Waals surface area contributed by atoms with Crippen LogP contribution in [0, 0.1) is 0 Å². The van der Waals surface area contributed by atoms with Crippen LogP contribution in [0.15, 0.2) is 24.3 Å². The van der Waals surface area contributed by atoms with E-state index in [1.165, 1.54) is 5.56 Å². The average Bonchev–Trinajstić information content (AvgIpc) is 2.48. The topological polar surface area (TPSA) is 70.2 Å². The van der Waals surface area contributed by atoms with Crippen molar-refractivity contribution in [1.82, 2.24) is 16.0 Å². The summed E-state index contributed by atoms with van der Waals surface area (Å²) in [6, 6.07) is 7.73. The van der Waals surface area contributed by atoms with Crippen LogP contribution in [0.4, 0.5) is 4.79 Å². The Morgan fingerprint density at radius 2 is 2.15 bits per heavy atom. The number of hydrogen-bond acceptors (Lipinski definition) is 3. The minimum absolute atomic E-state index is 0.128. The molecule has 3 amide bonds. The van der Waals surface area contributed by atoms with E-state index in [9.17, 15) is 9.59 Å². The molecule has 0 spiro atoms. The minimum atomic E-state index is -0.472. The third kappa shape index (κ3) is 3.81. The number of carbonyl (C=O) groups is 2. The zero-order chi connectivity index (χ0) is 14.4. The predicted octanol–water partition coefficient (Wildman–Crippen LogP) is 1.67. The molecule has 1 aromatic rings. The Hall–Kier alpha value is -1.88. The van der Waals surface area contributed by atoms with E-state index in [0.29, 0.717) is 12.3 Å². The number of piperidine rings is 1. The first-order chi connectivity index (χ1) is 9.70. The van der Waals surface area contributed by atoms with Crippen molar-refractivity contribution < 1.29 is 9.59 Å². The highest BCUT2D eigenvalue weighted by molar-refractivity contribution is 5.84. The van der Waals surface area contributed by atoms with Gasteiger partial charge < -0.3 is 10.6 Å². The number of nitrogens with one attached hydrogen (secondary N) is 3. The summed E-state index contributed by atoms with van der Waals surface area (Å²) in [5, 5.41) is 8.18. The number of hydrogen-bond donors (Lipinski definition) is 3. The van der Waals surface area contributed by atoms with Gasteiger partial charge in [-0.05, 0) is 49.9 Å². The predicted molar refractivity (Wildman–Crippen MR) is 77.4 cm³/mol. The van der Waals surface area contributed by atoms with Crippen LogP contribution in [-0.4, -0.2) is 25.5 Å². The largest absolute Gasteiger partial charge is 0.331 e. The molecule has 20 heavy (non-hydrogen) atoms. The maximum absolute atomic E-state index is 11.4. The summed E-state index contributed by atoms with van der Waals surface area (Å²) in [5.74, 6) is 0.590. The van der Waals surface area contributed by atoms with E-state index in [2.05, 4.69) is 28.1 Å². The van der Waals surface area contributed by atoms with Crippen LogP contribution in [-0.2, 0) is 4.79 Å². The fourth-order valence-electron chi connectivity index (χ4n) is 2.61. The smallest absolute Gasteiger partial charge is 0.321 e. The summed E-state index contributed by atoms with van der Waals surface area (Å²) in [6.07, 6.45) is 2.68. The van der Waals surface area contributed by atoms with Gasteiger partial charge in [0.2, 0.25) is 6.41 Å². The first kappa shape index (κ1) is 14.5. The van der Waals surface area contributed by atoms with Crippen molar-refractivity contribution in [2.75, 3.05) is 13.1 Å². The Bertz CT molecular complexity index is 470. The van der Waals surface area contributed by atoms with Gasteiger partial charge in [0, 0.05) is 0 Å². The summed E-state index contributed by atoms with van der Waals surface area (Å²) in [5.41, 5.74) is 2.38.